The van der Waals surface area contributed by atoms with Crippen LogP contribution in [0.1, 0.15) is 47.5 Å². The van der Waals surface area contributed by atoms with Crippen molar-refractivity contribution in [1.29, 1.82) is 0 Å². The number of anilines is 1. The van der Waals surface area contributed by atoms with Gasteiger partial charge in [-0.25, -0.2) is 9.59 Å². The van der Waals surface area contributed by atoms with Gasteiger partial charge in [-0.2, -0.15) is 11.8 Å². The summed E-state index contributed by atoms with van der Waals surface area (Å²) in [5, 5.41) is 5.63. The molecule has 0 saturated heterocycles. The highest BCUT2D eigenvalue weighted by atomic mass is 32.2. The maximum absolute atomic E-state index is 12.3. The Hall–Kier alpha value is -2.07. The van der Waals surface area contributed by atoms with E-state index >= 15 is 0 Å². The van der Waals surface area contributed by atoms with E-state index in [4.69, 9.17) is 9.47 Å². The quantitative estimate of drug-likeness (QED) is 0.534. The van der Waals surface area contributed by atoms with Crippen LogP contribution >= 0.6 is 23.1 Å². The summed E-state index contributed by atoms with van der Waals surface area (Å²) < 4.78 is 10.2. The van der Waals surface area contributed by atoms with Crippen LogP contribution in [0.25, 0.3) is 0 Å². The summed E-state index contributed by atoms with van der Waals surface area (Å²) >= 11 is 2.90. The molecule has 0 unspecified atom stereocenters. The Morgan fingerprint density at radius 2 is 1.97 bits per heavy atom. The lowest BCUT2D eigenvalue weighted by atomic mass is 10.1. The number of hydrogen-bond donors (Lipinski definition) is 2. The molecule has 0 saturated carbocycles. The summed E-state index contributed by atoms with van der Waals surface area (Å²) in [4.78, 5) is 49.2. The summed E-state index contributed by atoms with van der Waals surface area (Å²) in [6, 6.07) is -0.798. The van der Waals surface area contributed by atoms with E-state index in [0.29, 0.717) is 22.7 Å². The van der Waals surface area contributed by atoms with Gasteiger partial charge in [0.1, 0.15) is 11.0 Å². The average molecular weight is 443 g/mol. The Labute approximate surface area is 178 Å². The highest BCUT2D eigenvalue weighted by Gasteiger charge is 2.29. The summed E-state index contributed by atoms with van der Waals surface area (Å²) in [6.45, 7) is 2.79. The molecule has 8 nitrogen and oxygen atoms in total. The number of fused-ring (bicyclic) bond motifs is 1. The molecule has 1 heterocycles. The Balaban J connectivity index is 1.99. The number of carbonyl (C=O) groups is 4. The Kier molecular flexibility index (Phi) is 8.97. The maximum Gasteiger partial charge on any atom is 0.341 e. The third-order valence-corrected chi connectivity index (χ3v) is 6.12. The van der Waals surface area contributed by atoms with E-state index in [0.717, 1.165) is 29.7 Å². The van der Waals surface area contributed by atoms with E-state index in [1.165, 1.54) is 30.0 Å². The van der Waals surface area contributed by atoms with Crippen molar-refractivity contribution in [2.45, 2.75) is 45.6 Å². The first-order valence-electron chi connectivity index (χ1n) is 9.41. The molecule has 2 N–H and O–H groups in total. The Bertz CT molecular complexity index is 777. The smallest absolute Gasteiger partial charge is 0.341 e. The summed E-state index contributed by atoms with van der Waals surface area (Å²) in [5.41, 5.74) is 1.34. The third kappa shape index (κ3) is 6.46. The van der Waals surface area contributed by atoms with E-state index in [9.17, 15) is 19.2 Å². The second-order valence-corrected chi connectivity index (χ2v) is 8.56. The third-order valence-electron chi connectivity index (χ3n) is 4.27. The van der Waals surface area contributed by atoms with Gasteiger partial charge in [0, 0.05) is 11.8 Å². The number of esters is 2. The van der Waals surface area contributed by atoms with Gasteiger partial charge >= 0.3 is 11.9 Å². The summed E-state index contributed by atoms with van der Waals surface area (Å²) in [6.07, 6.45) is 4.92. The molecule has 0 bridgehead atoms. The minimum atomic E-state index is -0.798. The molecule has 1 aliphatic carbocycles. The second-order valence-electron chi connectivity index (χ2n) is 6.47. The highest BCUT2D eigenvalue weighted by Crippen LogP contribution is 2.39. The predicted octanol–water partition coefficient (Wildman–Crippen LogP) is 2.15. The number of thioether (sulfide) groups is 1. The van der Waals surface area contributed by atoms with Crippen LogP contribution in [0.4, 0.5) is 5.00 Å². The number of nitrogens with one attached hydrogen (secondary N) is 2. The van der Waals surface area contributed by atoms with E-state index in [1.807, 2.05) is 6.26 Å². The lowest BCUT2D eigenvalue weighted by Gasteiger charge is -2.16. The zero-order chi connectivity index (χ0) is 21.4. The van der Waals surface area contributed by atoms with Gasteiger partial charge in [0.2, 0.25) is 5.91 Å². The molecular formula is C19H26N2O6S2. The maximum atomic E-state index is 12.3. The van der Waals surface area contributed by atoms with Crippen molar-refractivity contribution >= 4 is 51.9 Å². The number of hydrogen-bond acceptors (Lipinski definition) is 8. The van der Waals surface area contributed by atoms with Gasteiger partial charge in [0.25, 0.3) is 5.91 Å². The SMILES string of the molecule is CCOC(=O)c1c(NC(=O)COC(=O)[C@@H](CCSC)NC(C)=O)sc2c1CCC2. The van der Waals surface area contributed by atoms with Gasteiger partial charge in [-0.05, 0) is 50.2 Å². The molecule has 2 amide bonds. The fourth-order valence-electron chi connectivity index (χ4n) is 3.04. The van der Waals surface area contributed by atoms with Crippen molar-refractivity contribution in [3.63, 3.8) is 0 Å². The first-order valence-corrected chi connectivity index (χ1v) is 11.6. The van der Waals surface area contributed by atoms with Crippen LogP contribution in [-0.2, 0) is 36.7 Å². The Morgan fingerprint density at radius 3 is 2.62 bits per heavy atom. The fraction of sp³-hybridized carbons (Fsp3) is 0.579. The minimum Gasteiger partial charge on any atom is -0.462 e. The number of rotatable bonds is 10. The monoisotopic (exact) mass is 442 g/mol. The topological polar surface area (TPSA) is 111 Å². The van der Waals surface area contributed by atoms with Crippen LogP contribution in [-0.4, -0.2) is 55.0 Å². The molecule has 1 atom stereocenters. The van der Waals surface area contributed by atoms with Crippen molar-refractivity contribution in [3.05, 3.63) is 16.0 Å². The zero-order valence-electron chi connectivity index (χ0n) is 16.8. The van der Waals surface area contributed by atoms with Crippen molar-refractivity contribution in [2.24, 2.45) is 0 Å². The number of ether oxygens (including phenoxy) is 2. The molecule has 2 rings (SSSR count). The molecule has 0 fully saturated rings. The summed E-state index contributed by atoms with van der Waals surface area (Å²) in [7, 11) is 0. The highest BCUT2D eigenvalue weighted by molar-refractivity contribution is 7.98. The Morgan fingerprint density at radius 1 is 1.21 bits per heavy atom. The van der Waals surface area contributed by atoms with Gasteiger partial charge in [-0.15, -0.1) is 11.3 Å². The zero-order valence-corrected chi connectivity index (χ0v) is 18.4. The van der Waals surface area contributed by atoms with E-state index in [2.05, 4.69) is 10.6 Å². The lowest BCUT2D eigenvalue weighted by Crippen LogP contribution is -2.42. The minimum absolute atomic E-state index is 0.245. The van der Waals surface area contributed by atoms with Crippen LogP contribution < -0.4 is 10.6 Å². The molecule has 160 valence electrons. The van der Waals surface area contributed by atoms with Crippen LogP contribution in [0.15, 0.2) is 0 Å². The second kappa shape index (κ2) is 11.2. The summed E-state index contributed by atoms with van der Waals surface area (Å²) in [5.74, 6) is -1.35. The van der Waals surface area contributed by atoms with Gasteiger partial charge in [0.15, 0.2) is 6.61 Å². The molecular weight excluding hydrogens is 416 g/mol. The van der Waals surface area contributed by atoms with Crippen LogP contribution in [0, 0.1) is 0 Å². The van der Waals surface area contributed by atoms with Gasteiger partial charge in [-0.1, -0.05) is 0 Å². The number of thiophene rings is 1. The lowest BCUT2D eigenvalue weighted by molar-refractivity contribution is -0.150. The first-order chi connectivity index (χ1) is 13.9. The first kappa shape index (κ1) is 23.2. The van der Waals surface area contributed by atoms with E-state index in [-0.39, 0.29) is 12.5 Å². The molecule has 0 spiro atoms. The largest absolute Gasteiger partial charge is 0.462 e. The molecule has 1 aromatic rings. The van der Waals surface area contributed by atoms with Crippen LogP contribution in [0.2, 0.25) is 0 Å². The number of aryl methyl sites for hydroxylation is 1. The predicted molar refractivity (Wildman–Crippen MR) is 112 cm³/mol. The standard InChI is InChI=1S/C19H26N2O6S2/c1-4-26-19(25)16-12-6-5-7-14(12)29-17(16)21-15(23)10-27-18(24)13(8-9-28-3)20-11(2)22/h13H,4-10H2,1-3H3,(H,20,22)(H,21,23)/t13-/m1/s1. The normalized spacial score (nSPS) is 13.3. The van der Waals surface area contributed by atoms with Gasteiger partial charge in [0.05, 0.1) is 12.2 Å². The fourth-order valence-corrected chi connectivity index (χ4v) is 4.81. The molecule has 0 aromatic carbocycles. The van der Waals surface area contributed by atoms with Crippen molar-refractivity contribution in [2.75, 3.05) is 30.5 Å². The molecule has 0 aliphatic heterocycles. The van der Waals surface area contributed by atoms with E-state index in [1.54, 1.807) is 6.92 Å². The number of amides is 2. The molecule has 0 radical (unpaired) electrons. The molecule has 1 aliphatic rings. The average Bonchev–Trinajstić information content (AvgIpc) is 3.23. The van der Waals surface area contributed by atoms with Crippen molar-refractivity contribution in [3.8, 4) is 0 Å². The molecule has 10 heteroatoms. The van der Waals surface area contributed by atoms with Crippen molar-refractivity contribution < 1.29 is 28.7 Å². The molecule has 1 aromatic heterocycles. The number of carbonyl (C=O) groups excluding carboxylic acids is 4. The molecule has 29 heavy (non-hydrogen) atoms. The van der Waals surface area contributed by atoms with Crippen molar-refractivity contribution in [1.82, 2.24) is 5.32 Å². The van der Waals surface area contributed by atoms with Crippen LogP contribution in [0.3, 0.4) is 0 Å². The van der Waals surface area contributed by atoms with E-state index < -0.39 is 30.5 Å². The van der Waals surface area contributed by atoms with Gasteiger partial charge in [-0.3, -0.25) is 9.59 Å². The van der Waals surface area contributed by atoms with Crippen LogP contribution in [0.5, 0.6) is 0 Å². The van der Waals surface area contributed by atoms with Gasteiger partial charge < -0.3 is 20.1 Å².